The number of likely N-dealkylation sites (tertiary alicyclic amines) is 1. The summed E-state index contributed by atoms with van der Waals surface area (Å²) in [6, 6.07) is 5.50. The molecule has 1 aliphatic rings. The van der Waals surface area contributed by atoms with Crippen molar-refractivity contribution in [2.24, 2.45) is 0 Å². The predicted molar refractivity (Wildman–Crippen MR) is 66.6 cm³/mol. The van der Waals surface area contributed by atoms with Gasteiger partial charge in [0.1, 0.15) is 0 Å². The van der Waals surface area contributed by atoms with Gasteiger partial charge < -0.3 is 0 Å². The van der Waals surface area contributed by atoms with Gasteiger partial charge in [-0.05, 0) is 30.2 Å². The number of hydrogen-bond acceptors (Lipinski definition) is 2. The summed E-state index contributed by atoms with van der Waals surface area (Å²) in [6.45, 7) is 1.89. The molecule has 17 heavy (non-hydrogen) atoms. The molecule has 0 aliphatic carbocycles. The van der Waals surface area contributed by atoms with Gasteiger partial charge >= 0.3 is 0 Å². The number of rotatable bonds is 1. The molecule has 0 spiro atoms. The van der Waals surface area contributed by atoms with Crippen molar-refractivity contribution >= 4 is 29.5 Å². The molecule has 0 saturated carbocycles. The normalized spacial score (nSPS) is 18.3. The minimum Gasteiger partial charge on any atom is -0.282 e. The highest BCUT2D eigenvalue weighted by atomic mass is 35.5. The highest BCUT2D eigenvalue weighted by molar-refractivity contribution is 6.31. The first kappa shape index (κ1) is 11.9. The zero-order valence-electron chi connectivity index (χ0n) is 9.66. The Hall–Kier alpha value is -1.61. The van der Waals surface area contributed by atoms with E-state index < -0.39 is 0 Å². The van der Waals surface area contributed by atoms with Crippen molar-refractivity contribution in [1.82, 2.24) is 4.90 Å². The van der Waals surface area contributed by atoms with Gasteiger partial charge in [-0.25, -0.2) is 0 Å². The van der Waals surface area contributed by atoms with Crippen molar-refractivity contribution in [3.8, 4) is 0 Å². The molecule has 0 atom stereocenters. The summed E-state index contributed by atoms with van der Waals surface area (Å²) in [5.41, 5.74) is 2.31. The Labute approximate surface area is 105 Å². The highest BCUT2D eigenvalue weighted by Gasteiger charge is 2.30. The molecular weight excluding hydrogens is 238 g/mol. The zero-order valence-corrected chi connectivity index (χ0v) is 10.4. The Balaban J connectivity index is 2.41. The summed E-state index contributed by atoms with van der Waals surface area (Å²) in [4.78, 5) is 24.2. The fraction of sp³-hybridized carbons (Fsp3) is 0.231. The third-order valence-electron chi connectivity index (χ3n) is 2.93. The van der Waals surface area contributed by atoms with Crippen LogP contribution in [0, 0.1) is 6.92 Å². The number of imide groups is 1. The molecule has 1 aliphatic heterocycles. The van der Waals surface area contributed by atoms with Crippen molar-refractivity contribution in [2.75, 3.05) is 7.05 Å². The molecule has 2 amide bonds. The maximum absolute atomic E-state index is 11.7. The van der Waals surface area contributed by atoms with Crippen molar-refractivity contribution in [1.29, 1.82) is 0 Å². The molecule has 1 aromatic carbocycles. The van der Waals surface area contributed by atoms with Crippen molar-refractivity contribution in [3.05, 3.63) is 39.9 Å². The average molecular weight is 250 g/mol. The van der Waals surface area contributed by atoms with Crippen LogP contribution in [0.15, 0.2) is 23.8 Å². The zero-order chi connectivity index (χ0) is 12.6. The highest BCUT2D eigenvalue weighted by Crippen LogP contribution is 2.24. The lowest BCUT2D eigenvalue weighted by atomic mass is 10.0. The van der Waals surface area contributed by atoms with Crippen molar-refractivity contribution in [2.45, 2.75) is 13.3 Å². The van der Waals surface area contributed by atoms with Crippen LogP contribution in [0.5, 0.6) is 0 Å². The predicted octanol–water partition coefficient (Wildman–Crippen LogP) is 2.42. The standard InChI is InChI=1S/C13H12ClNO2/c1-8-9(4-3-5-11(8)14)6-10-7-12(16)15(2)13(10)17/h3-6H,7H2,1-2H3/b10-6+. The Morgan fingerprint density at radius 2 is 2.06 bits per heavy atom. The first-order chi connectivity index (χ1) is 8.00. The van der Waals surface area contributed by atoms with E-state index in [1.165, 1.54) is 7.05 Å². The first-order valence-corrected chi connectivity index (χ1v) is 5.65. The van der Waals surface area contributed by atoms with E-state index in [0.29, 0.717) is 10.6 Å². The van der Waals surface area contributed by atoms with Gasteiger partial charge in [0.05, 0.1) is 6.42 Å². The van der Waals surface area contributed by atoms with Crippen LogP contribution in [-0.2, 0) is 9.59 Å². The van der Waals surface area contributed by atoms with Crippen LogP contribution in [0.25, 0.3) is 6.08 Å². The number of benzene rings is 1. The molecule has 0 unspecified atom stereocenters. The van der Waals surface area contributed by atoms with E-state index in [4.69, 9.17) is 11.6 Å². The molecule has 0 N–H and O–H groups in total. The van der Waals surface area contributed by atoms with Gasteiger partial charge in [0.25, 0.3) is 5.91 Å². The fourth-order valence-electron chi connectivity index (χ4n) is 1.77. The number of halogens is 1. The van der Waals surface area contributed by atoms with Crippen LogP contribution in [0.3, 0.4) is 0 Å². The Bertz CT molecular complexity index is 534. The van der Waals surface area contributed by atoms with E-state index in [2.05, 4.69) is 0 Å². The molecular formula is C13H12ClNO2. The van der Waals surface area contributed by atoms with Gasteiger partial charge in [-0.2, -0.15) is 0 Å². The maximum Gasteiger partial charge on any atom is 0.256 e. The number of likely N-dealkylation sites (N-methyl/N-ethyl adjacent to an activating group) is 1. The summed E-state index contributed by atoms with van der Waals surface area (Å²) in [7, 11) is 1.50. The first-order valence-electron chi connectivity index (χ1n) is 5.27. The molecule has 1 aromatic rings. The minimum absolute atomic E-state index is 0.166. The topological polar surface area (TPSA) is 37.4 Å². The maximum atomic E-state index is 11.7. The number of carbonyl (C=O) groups is 2. The molecule has 88 valence electrons. The fourth-order valence-corrected chi connectivity index (χ4v) is 1.95. The lowest BCUT2D eigenvalue weighted by Gasteiger charge is -2.04. The van der Waals surface area contributed by atoms with Gasteiger partial charge in [-0.1, -0.05) is 23.7 Å². The van der Waals surface area contributed by atoms with Gasteiger partial charge in [-0.15, -0.1) is 0 Å². The minimum atomic E-state index is -0.227. The van der Waals surface area contributed by atoms with E-state index >= 15 is 0 Å². The SMILES string of the molecule is Cc1c(Cl)cccc1/C=C1\CC(=O)N(C)C1=O. The molecule has 1 heterocycles. The van der Waals surface area contributed by atoms with E-state index in [9.17, 15) is 9.59 Å². The summed E-state index contributed by atoms with van der Waals surface area (Å²) < 4.78 is 0. The lowest BCUT2D eigenvalue weighted by Crippen LogP contribution is -2.23. The molecule has 0 radical (unpaired) electrons. The summed E-state index contributed by atoms with van der Waals surface area (Å²) in [6.07, 6.45) is 1.91. The number of carbonyl (C=O) groups excluding carboxylic acids is 2. The van der Waals surface area contributed by atoms with E-state index in [0.717, 1.165) is 16.0 Å². The lowest BCUT2D eigenvalue weighted by molar-refractivity contribution is -0.135. The van der Waals surface area contributed by atoms with Crippen LogP contribution >= 0.6 is 11.6 Å². The van der Waals surface area contributed by atoms with Crippen LogP contribution < -0.4 is 0 Å². The molecule has 1 saturated heterocycles. The molecule has 0 aromatic heterocycles. The van der Waals surface area contributed by atoms with Gasteiger partial charge in [-0.3, -0.25) is 14.5 Å². The third-order valence-corrected chi connectivity index (χ3v) is 3.34. The second-order valence-corrected chi connectivity index (χ2v) is 4.47. The average Bonchev–Trinajstić information content (AvgIpc) is 2.53. The second kappa shape index (κ2) is 4.34. The Kier molecular flexibility index (Phi) is 3.03. The Morgan fingerprint density at radius 1 is 1.35 bits per heavy atom. The quantitative estimate of drug-likeness (QED) is 0.566. The Morgan fingerprint density at radius 3 is 2.65 bits per heavy atom. The number of nitrogens with zero attached hydrogens (tertiary/aromatic N) is 1. The van der Waals surface area contributed by atoms with Crippen LogP contribution in [0.4, 0.5) is 0 Å². The monoisotopic (exact) mass is 249 g/mol. The van der Waals surface area contributed by atoms with Gasteiger partial charge in [0.2, 0.25) is 5.91 Å². The molecule has 3 nitrogen and oxygen atoms in total. The molecule has 1 fully saturated rings. The van der Waals surface area contributed by atoms with E-state index in [-0.39, 0.29) is 18.2 Å². The number of amides is 2. The van der Waals surface area contributed by atoms with Crippen molar-refractivity contribution in [3.63, 3.8) is 0 Å². The molecule has 2 rings (SSSR count). The smallest absolute Gasteiger partial charge is 0.256 e. The number of hydrogen-bond donors (Lipinski definition) is 0. The van der Waals surface area contributed by atoms with Crippen molar-refractivity contribution < 1.29 is 9.59 Å². The van der Waals surface area contributed by atoms with Gasteiger partial charge in [0.15, 0.2) is 0 Å². The van der Waals surface area contributed by atoms with Gasteiger partial charge in [0, 0.05) is 17.6 Å². The summed E-state index contributed by atoms with van der Waals surface area (Å²) >= 11 is 6.00. The molecule has 4 heteroatoms. The van der Waals surface area contributed by atoms with Crippen LogP contribution in [0.1, 0.15) is 17.5 Å². The van der Waals surface area contributed by atoms with E-state index in [1.54, 1.807) is 12.1 Å². The van der Waals surface area contributed by atoms with E-state index in [1.807, 2.05) is 19.1 Å². The third kappa shape index (κ3) is 2.11. The summed E-state index contributed by atoms with van der Waals surface area (Å²) in [5.74, 6) is -0.393. The van der Waals surface area contributed by atoms with Crippen LogP contribution in [0.2, 0.25) is 5.02 Å². The second-order valence-electron chi connectivity index (χ2n) is 4.06. The summed E-state index contributed by atoms with van der Waals surface area (Å²) in [5, 5.41) is 0.657. The largest absolute Gasteiger partial charge is 0.282 e. The van der Waals surface area contributed by atoms with Crippen LogP contribution in [-0.4, -0.2) is 23.8 Å². The molecule has 0 bridgehead atoms.